The van der Waals surface area contributed by atoms with Crippen LogP contribution in [0.5, 0.6) is 0 Å². The van der Waals surface area contributed by atoms with Crippen molar-refractivity contribution in [2.24, 2.45) is 0 Å². The van der Waals surface area contributed by atoms with Gasteiger partial charge in [-0.15, -0.1) is 0 Å². The molecule has 2 rings (SSSR count). The Labute approximate surface area is 106 Å². The summed E-state index contributed by atoms with van der Waals surface area (Å²) in [6.45, 7) is 4.07. The third-order valence-electron chi connectivity index (χ3n) is 3.20. The van der Waals surface area contributed by atoms with Crippen molar-refractivity contribution in [1.82, 2.24) is 0 Å². The van der Waals surface area contributed by atoms with Crippen LogP contribution < -0.4 is 5.73 Å². The summed E-state index contributed by atoms with van der Waals surface area (Å²) in [4.78, 5) is 11.1. The van der Waals surface area contributed by atoms with Gasteiger partial charge < -0.3 is 10.8 Å². The Kier molecular flexibility index (Phi) is 3.06. The molecule has 0 radical (unpaired) electrons. The van der Waals surface area contributed by atoms with Crippen molar-refractivity contribution in [1.29, 1.82) is 0 Å². The third kappa shape index (κ3) is 2.07. The monoisotopic (exact) mass is 241 g/mol. The first kappa shape index (κ1) is 12.2. The van der Waals surface area contributed by atoms with E-state index in [4.69, 9.17) is 10.8 Å². The van der Waals surface area contributed by atoms with Crippen LogP contribution >= 0.6 is 0 Å². The number of anilines is 1. The van der Waals surface area contributed by atoms with E-state index in [-0.39, 0.29) is 11.3 Å². The molecular weight excluding hydrogens is 226 g/mol. The Morgan fingerprint density at radius 1 is 1.17 bits per heavy atom. The maximum atomic E-state index is 11.1. The molecule has 0 heterocycles. The van der Waals surface area contributed by atoms with Crippen LogP contribution in [0.3, 0.4) is 0 Å². The maximum Gasteiger partial charge on any atom is 0.337 e. The molecule has 18 heavy (non-hydrogen) atoms. The average molecular weight is 241 g/mol. The third-order valence-corrected chi connectivity index (χ3v) is 3.20. The number of nitrogens with two attached hydrogens (primary N) is 1. The molecule has 0 saturated carbocycles. The Morgan fingerprint density at radius 3 is 2.56 bits per heavy atom. The number of hydrogen-bond acceptors (Lipinski definition) is 2. The number of aryl methyl sites for hydroxylation is 1. The predicted molar refractivity (Wildman–Crippen MR) is 72.7 cm³/mol. The van der Waals surface area contributed by atoms with Gasteiger partial charge in [0.15, 0.2) is 0 Å². The number of rotatable bonds is 2. The van der Waals surface area contributed by atoms with Crippen molar-refractivity contribution in [3.8, 4) is 11.1 Å². The van der Waals surface area contributed by atoms with Gasteiger partial charge in [0, 0.05) is 5.69 Å². The molecule has 3 nitrogen and oxygen atoms in total. The molecule has 0 aromatic heterocycles. The molecule has 3 heteroatoms. The highest BCUT2D eigenvalue weighted by molar-refractivity contribution is 5.95. The van der Waals surface area contributed by atoms with Crippen LogP contribution in [0, 0.1) is 13.8 Å². The van der Waals surface area contributed by atoms with Crippen LogP contribution in [0.4, 0.5) is 5.69 Å². The SMILES string of the molecule is Cc1cccc(-c2ccc(N)c(C(=O)O)c2)c1C. The van der Waals surface area contributed by atoms with Gasteiger partial charge in [0.05, 0.1) is 5.56 Å². The molecule has 2 aromatic rings. The minimum absolute atomic E-state index is 0.147. The van der Waals surface area contributed by atoms with Crippen LogP contribution in [0.15, 0.2) is 36.4 Å². The van der Waals surface area contributed by atoms with Crippen molar-refractivity contribution in [2.75, 3.05) is 5.73 Å². The molecule has 3 N–H and O–H groups in total. The fourth-order valence-corrected chi connectivity index (χ4v) is 1.97. The Hall–Kier alpha value is -2.29. The van der Waals surface area contributed by atoms with Gasteiger partial charge in [-0.3, -0.25) is 0 Å². The first-order valence-electron chi connectivity index (χ1n) is 5.70. The number of nitrogen functional groups attached to an aromatic ring is 1. The summed E-state index contributed by atoms with van der Waals surface area (Å²) in [5, 5.41) is 9.08. The maximum absolute atomic E-state index is 11.1. The fraction of sp³-hybridized carbons (Fsp3) is 0.133. The highest BCUT2D eigenvalue weighted by Crippen LogP contribution is 2.28. The minimum Gasteiger partial charge on any atom is -0.478 e. The summed E-state index contributed by atoms with van der Waals surface area (Å²) < 4.78 is 0. The summed E-state index contributed by atoms with van der Waals surface area (Å²) in [7, 11) is 0. The predicted octanol–water partition coefficient (Wildman–Crippen LogP) is 3.25. The second-order valence-corrected chi connectivity index (χ2v) is 4.35. The van der Waals surface area contributed by atoms with Gasteiger partial charge in [-0.2, -0.15) is 0 Å². The molecule has 0 fully saturated rings. The second kappa shape index (κ2) is 4.53. The smallest absolute Gasteiger partial charge is 0.337 e. The van der Waals surface area contributed by atoms with Gasteiger partial charge in [0.1, 0.15) is 0 Å². The van der Waals surface area contributed by atoms with Gasteiger partial charge in [0.25, 0.3) is 0 Å². The number of carboxylic acid groups (broad SMARTS) is 1. The molecule has 0 amide bonds. The van der Waals surface area contributed by atoms with E-state index in [2.05, 4.69) is 0 Å². The highest BCUT2D eigenvalue weighted by Gasteiger charge is 2.11. The lowest BCUT2D eigenvalue weighted by Crippen LogP contribution is -2.02. The molecular formula is C15H15NO2. The zero-order valence-electron chi connectivity index (χ0n) is 10.4. The van der Waals surface area contributed by atoms with Crippen molar-refractivity contribution in [3.05, 3.63) is 53.1 Å². The molecule has 0 aliphatic carbocycles. The molecule has 0 aliphatic rings. The molecule has 0 aliphatic heterocycles. The van der Waals surface area contributed by atoms with Crippen molar-refractivity contribution >= 4 is 11.7 Å². The molecule has 92 valence electrons. The van der Waals surface area contributed by atoms with Crippen LogP contribution in [0.2, 0.25) is 0 Å². The van der Waals surface area contributed by atoms with Gasteiger partial charge >= 0.3 is 5.97 Å². The topological polar surface area (TPSA) is 63.3 Å². The number of carboxylic acids is 1. The van der Waals surface area contributed by atoms with Gasteiger partial charge in [0.2, 0.25) is 0 Å². The van der Waals surface area contributed by atoms with Crippen LogP contribution in [-0.4, -0.2) is 11.1 Å². The van der Waals surface area contributed by atoms with Crippen molar-refractivity contribution in [2.45, 2.75) is 13.8 Å². The molecule has 2 aromatic carbocycles. The summed E-state index contributed by atoms with van der Waals surface area (Å²) in [5.74, 6) is -1.00. The van der Waals surface area contributed by atoms with Gasteiger partial charge in [-0.25, -0.2) is 4.79 Å². The number of aromatic carboxylic acids is 1. The van der Waals surface area contributed by atoms with E-state index in [0.29, 0.717) is 0 Å². The van der Waals surface area contributed by atoms with Crippen LogP contribution in [-0.2, 0) is 0 Å². The van der Waals surface area contributed by atoms with E-state index in [1.807, 2.05) is 38.1 Å². The van der Waals surface area contributed by atoms with Crippen LogP contribution in [0.25, 0.3) is 11.1 Å². The Morgan fingerprint density at radius 2 is 1.89 bits per heavy atom. The number of benzene rings is 2. The lowest BCUT2D eigenvalue weighted by Gasteiger charge is -2.10. The van der Waals surface area contributed by atoms with Crippen LogP contribution in [0.1, 0.15) is 21.5 Å². The largest absolute Gasteiger partial charge is 0.478 e. The molecule has 0 spiro atoms. The number of carbonyl (C=O) groups is 1. The normalized spacial score (nSPS) is 10.3. The second-order valence-electron chi connectivity index (χ2n) is 4.35. The van der Waals surface area contributed by atoms with E-state index in [0.717, 1.165) is 16.7 Å². The summed E-state index contributed by atoms with van der Waals surface area (Å²) in [6, 6.07) is 11.1. The average Bonchev–Trinajstić information content (AvgIpc) is 2.33. The van der Waals surface area contributed by atoms with Crippen molar-refractivity contribution < 1.29 is 9.90 Å². The van der Waals surface area contributed by atoms with Crippen molar-refractivity contribution in [3.63, 3.8) is 0 Å². The lowest BCUT2D eigenvalue weighted by atomic mass is 9.95. The van der Waals surface area contributed by atoms with Gasteiger partial charge in [-0.05, 0) is 48.2 Å². The van der Waals surface area contributed by atoms with E-state index >= 15 is 0 Å². The zero-order valence-corrected chi connectivity index (χ0v) is 10.4. The first-order valence-corrected chi connectivity index (χ1v) is 5.70. The molecule has 0 unspecified atom stereocenters. The Bertz CT molecular complexity index is 618. The molecule has 0 atom stereocenters. The summed E-state index contributed by atoms with van der Waals surface area (Å²) in [5.41, 5.74) is 10.3. The minimum atomic E-state index is -1.00. The van der Waals surface area contributed by atoms with Gasteiger partial charge in [-0.1, -0.05) is 24.3 Å². The highest BCUT2D eigenvalue weighted by atomic mass is 16.4. The first-order chi connectivity index (χ1) is 8.50. The summed E-state index contributed by atoms with van der Waals surface area (Å²) >= 11 is 0. The summed E-state index contributed by atoms with van der Waals surface area (Å²) in [6.07, 6.45) is 0. The standard InChI is InChI=1S/C15H15NO2/c1-9-4-3-5-12(10(9)2)11-6-7-14(16)13(8-11)15(17)18/h3-8H,16H2,1-2H3,(H,17,18). The van der Waals surface area contributed by atoms with E-state index < -0.39 is 5.97 Å². The fourth-order valence-electron chi connectivity index (χ4n) is 1.97. The molecule has 0 bridgehead atoms. The number of hydrogen-bond donors (Lipinski definition) is 2. The van der Waals surface area contributed by atoms with E-state index in [1.54, 1.807) is 12.1 Å². The van der Waals surface area contributed by atoms with E-state index in [9.17, 15) is 4.79 Å². The molecule has 0 saturated heterocycles. The quantitative estimate of drug-likeness (QED) is 0.793. The lowest BCUT2D eigenvalue weighted by molar-refractivity contribution is 0.0698. The Balaban J connectivity index is 2.62. The van der Waals surface area contributed by atoms with E-state index in [1.165, 1.54) is 5.56 Å². The zero-order chi connectivity index (χ0) is 13.3.